The second-order valence-corrected chi connectivity index (χ2v) is 5.40. The van der Waals surface area contributed by atoms with Gasteiger partial charge in [-0.2, -0.15) is 0 Å². The molecule has 8 heteroatoms. The number of aliphatic imine (C=N–C) groups is 1. The summed E-state index contributed by atoms with van der Waals surface area (Å²) < 4.78 is 31.5. The van der Waals surface area contributed by atoms with E-state index in [0.29, 0.717) is 0 Å². The number of allylic oxidation sites excluding steroid dienone is 1. The summed E-state index contributed by atoms with van der Waals surface area (Å²) >= 11 is 0. The Bertz CT molecular complexity index is 736. The Labute approximate surface area is 137 Å². The highest BCUT2D eigenvalue weighted by molar-refractivity contribution is 6.19. The van der Waals surface area contributed by atoms with Crippen molar-refractivity contribution in [2.45, 2.75) is 25.8 Å². The first kappa shape index (κ1) is 17.6. The molecule has 1 aliphatic carbocycles. The number of hydrogen-bond donors (Lipinski definition) is 2. The molecule has 0 saturated heterocycles. The molecule has 0 unspecified atom stereocenters. The number of hydrogen-bond acceptors (Lipinski definition) is 5. The van der Waals surface area contributed by atoms with E-state index in [1.807, 2.05) is 0 Å². The highest BCUT2D eigenvalue weighted by Gasteiger charge is 2.25. The molecule has 0 aliphatic heterocycles. The summed E-state index contributed by atoms with van der Waals surface area (Å²) in [6.07, 6.45) is 1.76. The molecule has 128 valence electrons. The molecule has 1 fully saturated rings. The van der Waals surface area contributed by atoms with E-state index < -0.39 is 35.6 Å². The van der Waals surface area contributed by atoms with Gasteiger partial charge in [-0.15, -0.1) is 0 Å². The zero-order chi connectivity index (χ0) is 17.9. The first-order valence-electron chi connectivity index (χ1n) is 7.25. The number of ether oxygens (including phenoxy) is 1. The lowest BCUT2D eigenvalue weighted by atomic mass is 10.1. The number of halogens is 2. The minimum atomic E-state index is -1.29. The molecule has 1 aromatic carbocycles. The number of benzene rings is 1. The van der Waals surface area contributed by atoms with E-state index in [2.05, 4.69) is 4.99 Å². The average molecular weight is 337 g/mol. The summed E-state index contributed by atoms with van der Waals surface area (Å²) in [5.41, 5.74) is 10.8. The van der Waals surface area contributed by atoms with Crippen molar-refractivity contribution in [1.82, 2.24) is 0 Å². The lowest BCUT2D eigenvalue weighted by Crippen LogP contribution is -2.28. The molecule has 0 aromatic heterocycles. The lowest BCUT2D eigenvalue weighted by molar-refractivity contribution is -0.137. The number of ketones is 1. The SMILES string of the molecule is CC(N)=C(C(=O)OCC(=O)c1cccc(F)c1F)C(N)=NC1CC1. The molecular weight excluding hydrogens is 320 g/mol. The Hall–Kier alpha value is -2.77. The maximum atomic E-state index is 13.5. The maximum Gasteiger partial charge on any atom is 0.344 e. The Morgan fingerprint density at radius 1 is 1.29 bits per heavy atom. The van der Waals surface area contributed by atoms with Gasteiger partial charge in [0.25, 0.3) is 0 Å². The van der Waals surface area contributed by atoms with Crippen LogP contribution in [0.4, 0.5) is 8.78 Å². The molecule has 0 spiro atoms. The van der Waals surface area contributed by atoms with Crippen molar-refractivity contribution < 1.29 is 23.1 Å². The van der Waals surface area contributed by atoms with Gasteiger partial charge in [-0.1, -0.05) is 6.07 Å². The maximum absolute atomic E-state index is 13.5. The average Bonchev–Trinajstić information content (AvgIpc) is 3.31. The first-order chi connectivity index (χ1) is 11.3. The Morgan fingerprint density at radius 2 is 1.96 bits per heavy atom. The monoisotopic (exact) mass is 337 g/mol. The van der Waals surface area contributed by atoms with Gasteiger partial charge in [0.1, 0.15) is 11.4 Å². The fourth-order valence-electron chi connectivity index (χ4n) is 1.93. The molecule has 4 N–H and O–H groups in total. The van der Waals surface area contributed by atoms with Crippen LogP contribution in [0, 0.1) is 11.6 Å². The van der Waals surface area contributed by atoms with Gasteiger partial charge in [0.05, 0.1) is 11.6 Å². The number of rotatable bonds is 6. The lowest BCUT2D eigenvalue weighted by Gasteiger charge is -2.10. The van der Waals surface area contributed by atoms with Gasteiger partial charge in [0.15, 0.2) is 18.2 Å². The zero-order valence-electron chi connectivity index (χ0n) is 13.0. The van der Waals surface area contributed by atoms with Gasteiger partial charge in [-0.05, 0) is 31.9 Å². The van der Waals surface area contributed by atoms with E-state index in [9.17, 15) is 18.4 Å². The van der Waals surface area contributed by atoms with Crippen molar-refractivity contribution in [2.24, 2.45) is 16.5 Å². The summed E-state index contributed by atoms with van der Waals surface area (Å²) in [5.74, 6) is -4.34. The number of carbonyl (C=O) groups excluding carboxylic acids is 2. The van der Waals surface area contributed by atoms with Gasteiger partial charge in [-0.25, -0.2) is 13.6 Å². The molecule has 1 aromatic rings. The highest BCUT2D eigenvalue weighted by Crippen LogP contribution is 2.24. The molecule has 0 atom stereocenters. The van der Waals surface area contributed by atoms with E-state index >= 15 is 0 Å². The van der Waals surface area contributed by atoms with Crippen LogP contribution in [0.2, 0.25) is 0 Å². The number of nitrogens with two attached hydrogens (primary N) is 2. The first-order valence-corrected chi connectivity index (χ1v) is 7.25. The van der Waals surface area contributed by atoms with Crippen molar-refractivity contribution in [3.05, 3.63) is 46.7 Å². The number of carbonyl (C=O) groups is 2. The predicted octanol–water partition coefficient (Wildman–Crippen LogP) is 1.44. The quantitative estimate of drug-likeness (QED) is 0.268. The van der Waals surface area contributed by atoms with E-state index in [-0.39, 0.29) is 23.1 Å². The molecule has 0 heterocycles. The van der Waals surface area contributed by atoms with Gasteiger partial charge >= 0.3 is 5.97 Å². The fraction of sp³-hybridized carbons (Fsp3) is 0.312. The van der Waals surface area contributed by atoms with Crippen molar-refractivity contribution in [3.8, 4) is 0 Å². The number of nitrogens with zero attached hydrogens (tertiary/aromatic N) is 1. The number of amidine groups is 1. The summed E-state index contributed by atoms with van der Waals surface area (Å²) in [6, 6.07) is 3.23. The second-order valence-electron chi connectivity index (χ2n) is 5.40. The fourth-order valence-corrected chi connectivity index (χ4v) is 1.93. The van der Waals surface area contributed by atoms with Crippen LogP contribution in [0.3, 0.4) is 0 Å². The Morgan fingerprint density at radius 3 is 2.54 bits per heavy atom. The van der Waals surface area contributed by atoms with Crippen LogP contribution in [-0.2, 0) is 9.53 Å². The number of Topliss-reactive ketones (excluding diaryl/α,β-unsaturated/α-hetero) is 1. The van der Waals surface area contributed by atoms with E-state index in [1.165, 1.54) is 13.0 Å². The van der Waals surface area contributed by atoms with Crippen LogP contribution >= 0.6 is 0 Å². The smallest absolute Gasteiger partial charge is 0.344 e. The molecule has 2 rings (SSSR count). The molecule has 6 nitrogen and oxygen atoms in total. The van der Waals surface area contributed by atoms with Crippen molar-refractivity contribution in [2.75, 3.05) is 6.61 Å². The van der Waals surface area contributed by atoms with Crippen LogP contribution in [0.15, 0.2) is 34.5 Å². The minimum Gasteiger partial charge on any atom is -0.454 e. The summed E-state index contributed by atoms with van der Waals surface area (Å²) in [6.45, 7) is 0.673. The standard InChI is InChI=1S/C16H17F2N3O3/c1-8(19)13(15(20)21-9-5-6-9)16(23)24-7-12(22)10-3-2-4-11(17)14(10)18/h2-4,9H,5-7,19H2,1H3,(H2,20,21). The molecule has 1 aliphatic rings. The second kappa shape index (κ2) is 7.20. The van der Waals surface area contributed by atoms with Crippen LogP contribution in [0.5, 0.6) is 0 Å². The van der Waals surface area contributed by atoms with Gasteiger partial charge < -0.3 is 16.2 Å². The van der Waals surface area contributed by atoms with Gasteiger partial charge in [-0.3, -0.25) is 9.79 Å². The molecule has 0 amide bonds. The van der Waals surface area contributed by atoms with E-state index in [4.69, 9.17) is 16.2 Å². The van der Waals surface area contributed by atoms with Crippen LogP contribution < -0.4 is 11.5 Å². The van der Waals surface area contributed by atoms with E-state index in [1.54, 1.807) is 0 Å². The molecule has 0 bridgehead atoms. The van der Waals surface area contributed by atoms with E-state index in [0.717, 1.165) is 25.0 Å². The van der Waals surface area contributed by atoms with Crippen LogP contribution in [0.25, 0.3) is 0 Å². The summed E-state index contributed by atoms with van der Waals surface area (Å²) in [4.78, 5) is 28.1. The molecular formula is C16H17F2N3O3. The highest BCUT2D eigenvalue weighted by atomic mass is 19.2. The van der Waals surface area contributed by atoms with Gasteiger partial charge in [0, 0.05) is 5.70 Å². The van der Waals surface area contributed by atoms with Gasteiger partial charge in [0.2, 0.25) is 5.78 Å². The summed E-state index contributed by atoms with van der Waals surface area (Å²) in [7, 11) is 0. The molecule has 0 radical (unpaired) electrons. The largest absolute Gasteiger partial charge is 0.454 e. The minimum absolute atomic E-state index is 0.0631. The number of esters is 1. The van der Waals surface area contributed by atoms with Crippen molar-refractivity contribution >= 4 is 17.6 Å². The topological polar surface area (TPSA) is 108 Å². The third-order valence-corrected chi connectivity index (χ3v) is 3.31. The Kier molecular flexibility index (Phi) is 5.28. The molecule has 1 saturated carbocycles. The normalized spacial score (nSPS) is 15.7. The predicted molar refractivity (Wildman–Crippen MR) is 83.2 cm³/mol. The zero-order valence-corrected chi connectivity index (χ0v) is 13.0. The van der Waals surface area contributed by atoms with Crippen molar-refractivity contribution in [1.29, 1.82) is 0 Å². The Balaban J connectivity index is 2.07. The third-order valence-electron chi connectivity index (χ3n) is 3.31. The van der Waals surface area contributed by atoms with Crippen LogP contribution in [0.1, 0.15) is 30.1 Å². The summed E-state index contributed by atoms with van der Waals surface area (Å²) in [5, 5.41) is 0. The van der Waals surface area contributed by atoms with Crippen LogP contribution in [-0.4, -0.2) is 30.2 Å². The molecule has 24 heavy (non-hydrogen) atoms. The van der Waals surface area contributed by atoms with Crippen molar-refractivity contribution in [3.63, 3.8) is 0 Å². The third kappa shape index (κ3) is 4.15.